The van der Waals surface area contributed by atoms with E-state index in [1.807, 2.05) is 30.3 Å². The van der Waals surface area contributed by atoms with Gasteiger partial charge in [-0.05, 0) is 17.7 Å². The van der Waals surface area contributed by atoms with E-state index < -0.39 is 33.2 Å². The second kappa shape index (κ2) is 9.20. The highest BCUT2D eigenvalue weighted by atomic mass is 35.7. The van der Waals surface area contributed by atoms with Crippen molar-refractivity contribution in [3.8, 4) is 0 Å². The van der Waals surface area contributed by atoms with Crippen molar-refractivity contribution in [2.45, 2.75) is 30.0 Å². The van der Waals surface area contributed by atoms with Crippen LogP contribution in [0.3, 0.4) is 0 Å². The summed E-state index contributed by atoms with van der Waals surface area (Å²) >= 11 is 6.23. The summed E-state index contributed by atoms with van der Waals surface area (Å²) in [5, 5.41) is 5.01. The number of fused-ring (bicyclic) bond motifs is 1. The number of halogens is 2. The van der Waals surface area contributed by atoms with Crippen LogP contribution in [-0.2, 0) is 29.9 Å². The molecule has 1 fully saturated rings. The van der Waals surface area contributed by atoms with Crippen molar-refractivity contribution in [2.24, 2.45) is 0 Å². The van der Waals surface area contributed by atoms with E-state index in [9.17, 15) is 18.0 Å². The van der Waals surface area contributed by atoms with Crippen molar-refractivity contribution < 1.29 is 27.5 Å². The number of esters is 1. The van der Waals surface area contributed by atoms with Crippen molar-refractivity contribution in [3.63, 3.8) is 0 Å². The first-order valence-electron chi connectivity index (χ1n) is 9.85. The van der Waals surface area contributed by atoms with Gasteiger partial charge in [0, 0.05) is 29.0 Å². The molecule has 4 rings (SSSR count). The molecular weight excluding hydrogens is 493 g/mol. The first-order valence-corrected chi connectivity index (χ1v) is 12.5. The van der Waals surface area contributed by atoms with Gasteiger partial charge in [-0.2, -0.15) is 5.10 Å². The van der Waals surface area contributed by atoms with Crippen LogP contribution in [0.5, 0.6) is 0 Å². The van der Waals surface area contributed by atoms with Gasteiger partial charge in [0.05, 0.1) is 34.8 Å². The zero-order chi connectivity index (χ0) is 23.8. The third-order valence-corrected chi connectivity index (χ3v) is 7.10. The number of carbonyl (C=O) groups is 2. The minimum atomic E-state index is -4.03. The Morgan fingerprint density at radius 3 is 2.61 bits per heavy atom. The largest absolute Gasteiger partial charge is 0.467 e. The van der Waals surface area contributed by atoms with E-state index in [0.29, 0.717) is 10.9 Å². The molecule has 0 unspecified atom stereocenters. The third-order valence-electron chi connectivity index (χ3n) is 5.46. The summed E-state index contributed by atoms with van der Waals surface area (Å²) in [6, 6.07) is 10.4. The molecule has 2 heterocycles. The Morgan fingerprint density at radius 1 is 1.21 bits per heavy atom. The number of hydrogen-bond donors (Lipinski definition) is 0. The molecule has 174 valence electrons. The van der Waals surface area contributed by atoms with Crippen LogP contribution in [-0.4, -0.2) is 54.9 Å². The number of methoxy groups -OCH3 is 1. The summed E-state index contributed by atoms with van der Waals surface area (Å²) in [4.78, 5) is 26.3. The monoisotopic (exact) mass is 511 g/mol. The standard InChI is InChI=1S/C21H19Cl2N3O6S/c1-31-20(27)19-7-14(11-25(19)21(28)32-12-13-5-3-2-4-6-13)26-18-9-15(33(23,29)30)8-17(22)16(18)10-24-26/h2-6,8-10,14,19H,7,11-12H2,1H3/t14-,19+/m1/s1. The van der Waals surface area contributed by atoms with Crippen molar-refractivity contribution in [3.05, 3.63) is 59.2 Å². The Hall–Kier alpha value is -2.82. The molecule has 1 aliphatic heterocycles. The molecule has 0 radical (unpaired) electrons. The van der Waals surface area contributed by atoms with Gasteiger partial charge in [-0.1, -0.05) is 41.9 Å². The summed E-state index contributed by atoms with van der Waals surface area (Å²) < 4.78 is 35.5. The normalized spacial score (nSPS) is 18.5. The number of hydrogen-bond acceptors (Lipinski definition) is 7. The van der Waals surface area contributed by atoms with Crippen molar-refractivity contribution in [1.29, 1.82) is 0 Å². The smallest absolute Gasteiger partial charge is 0.410 e. The number of nitrogens with zero attached hydrogens (tertiary/aromatic N) is 3. The average Bonchev–Trinajstić information content (AvgIpc) is 3.42. The molecular formula is C21H19Cl2N3O6S. The van der Waals surface area contributed by atoms with Gasteiger partial charge in [0.1, 0.15) is 12.6 Å². The molecule has 0 aliphatic carbocycles. The van der Waals surface area contributed by atoms with E-state index in [1.54, 1.807) is 0 Å². The van der Waals surface area contributed by atoms with Crippen molar-refractivity contribution >= 4 is 54.3 Å². The lowest BCUT2D eigenvalue weighted by Crippen LogP contribution is -2.41. The molecule has 0 saturated carbocycles. The van der Waals surface area contributed by atoms with E-state index >= 15 is 0 Å². The van der Waals surface area contributed by atoms with E-state index in [1.165, 1.54) is 35.0 Å². The molecule has 1 aliphatic rings. The zero-order valence-electron chi connectivity index (χ0n) is 17.4. The minimum Gasteiger partial charge on any atom is -0.467 e. The first-order chi connectivity index (χ1) is 15.7. The van der Waals surface area contributed by atoms with E-state index in [-0.39, 0.29) is 29.5 Å². The highest BCUT2D eigenvalue weighted by Gasteiger charge is 2.42. The Kier molecular flexibility index (Phi) is 6.51. The molecule has 12 heteroatoms. The van der Waals surface area contributed by atoms with Gasteiger partial charge in [-0.25, -0.2) is 18.0 Å². The van der Waals surface area contributed by atoms with Gasteiger partial charge in [0.25, 0.3) is 9.05 Å². The van der Waals surface area contributed by atoms with Crippen LogP contribution < -0.4 is 0 Å². The van der Waals surface area contributed by atoms with Crippen LogP contribution in [0, 0.1) is 0 Å². The lowest BCUT2D eigenvalue weighted by molar-refractivity contribution is -0.145. The highest BCUT2D eigenvalue weighted by Crippen LogP contribution is 2.35. The fourth-order valence-corrected chi connectivity index (χ4v) is 4.97. The molecule has 0 spiro atoms. The van der Waals surface area contributed by atoms with Crippen LogP contribution in [0.1, 0.15) is 18.0 Å². The summed E-state index contributed by atoms with van der Waals surface area (Å²) in [6.45, 7) is 0.144. The topological polar surface area (TPSA) is 108 Å². The molecule has 3 aromatic rings. The summed E-state index contributed by atoms with van der Waals surface area (Å²) in [5.74, 6) is -0.590. The predicted octanol–water partition coefficient (Wildman–Crippen LogP) is 3.74. The fraction of sp³-hybridized carbons (Fsp3) is 0.286. The van der Waals surface area contributed by atoms with E-state index in [0.717, 1.165) is 5.56 Å². The van der Waals surface area contributed by atoms with Crippen molar-refractivity contribution in [2.75, 3.05) is 13.7 Å². The van der Waals surface area contributed by atoms with Crippen LogP contribution in [0.25, 0.3) is 10.9 Å². The highest BCUT2D eigenvalue weighted by molar-refractivity contribution is 8.13. The lowest BCUT2D eigenvalue weighted by atomic mass is 10.1. The Morgan fingerprint density at radius 2 is 1.94 bits per heavy atom. The Bertz CT molecular complexity index is 1310. The zero-order valence-corrected chi connectivity index (χ0v) is 19.7. The number of ether oxygens (including phenoxy) is 2. The molecule has 1 aromatic heterocycles. The maximum Gasteiger partial charge on any atom is 0.410 e. The second-order valence-corrected chi connectivity index (χ2v) is 10.5. The average molecular weight is 512 g/mol. The molecule has 1 amide bonds. The van der Waals surface area contributed by atoms with E-state index in [2.05, 4.69) is 5.10 Å². The Labute approximate surface area is 199 Å². The van der Waals surface area contributed by atoms with Gasteiger partial charge < -0.3 is 9.47 Å². The van der Waals surface area contributed by atoms with Crippen LogP contribution in [0.2, 0.25) is 5.02 Å². The number of aromatic nitrogens is 2. The predicted molar refractivity (Wildman–Crippen MR) is 121 cm³/mol. The third kappa shape index (κ3) is 4.78. The minimum absolute atomic E-state index is 0.0476. The molecule has 2 aromatic carbocycles. The maximum absolute atomic E-state index is 12.8. The van der Waals surface area contributed by atoms with Gasteiger partial charge >= 0.3 is 12.1 Å². The van der Waals surface area contributed by atoms with Gasteiger partial charge in [-0.3, -0.25) is 9.58 Å². The number of rotatable bonds is 5. The first kappa shape index (κ1) is 23.3. The molecule has 0 bridgehead atoms. The summed E-state index contributed by atoms with van der Waals surface area (Å²) in [7, 11) is 2.70. The number of likely N-dealkylation sites (tertiary alicyclic amines) is 1. The maximum atomic E-state index is 12.8. The Balaban J connectivity index is 1.63. The van der Waals surface area contributed by atoms with Crippen molar-refractivity contribution in [1.82, 2.24) is 14.7 Å². The molecule has 9 nitrogen and oxygen atoms in total. The van der Waals surface area contributed by atoms with Crippen LogP contribution >= 0.6 is 22.3 Å². The quantitative estimate of drug-likeness (QED) is 0.379. The fourth-order valence-electron chi connectivity index (χ4n) is 3.86. The number of amides is 1. The van der Waals surface area contributed by atoms with Gasteiger partial charge in [-0.15, -0.1) is 0 Å². The molecule has 0 N–H and O–H groups in total. The number of benzene rings is 2. The molecule has 2 atom stereocenters. The second-order valence-electron chi connectivity index (χ2n) is 7.49. The van der Waals surface area contributed by atoms with Gasteiger partial charge in [0.15, 0.2) is 0 Å². The summed E-state index contributed by atoms with van der Waals surface area (Å²) in [5.41, 5.74) is 1.22. The summed E-state index contributed by atoms with van der Waals surface area (Å²) in [6.07, 6.45) is 1.01. The van der Waals surface area contributed by atoms with Gasteiger partial charge in [0.2, 0.25) is 0 Å². The lowest BCUT2D eigenvalue weighted by Gasteiger charge is -2.21. The van der Waals surface area contributed by atoms with E-state index in [4.69, 9.17) is 31.8 Å². The van der Waals surface area contributed by atoms with Crippen LogP contribution in [0.15, 0.2) is 53.6 Å². The molecule has 1 saturated heterocycles. The number of carbonyl (C=O) groups excluding carboxylic acids is 2. The SMILES string of the molecule is COC(=O)[C@@H]1C[C@@H](n2ncc3c(Cl)cc(S(=O)(=O)Cl)cc32)CN1C(=O)OCc1ccccc1. The molecule has 33 heavy (non-hydrogen) atoms. The van der Waals surface area contributed by atoms with Crippen LogP contribution in [0.4, 0.5) is 4.79 Å².